The third kappa shape index (κ3) is 3.54. The van der Waals surface area contributed by atoms with E-state index >= 15 is 0 Å². The summed E-state index contributed by atoms with van der Waals surface area (Å²) in [5.74, 6) is 0.490. The number of benzene rings is 2. The van der Waals surface area contributed by atoms with Gasteiger partial charge in [-0.05, 0) is 18.1 Å². The smallest absolute Gasteiger partial charge is 0.133 e. The maximum absolute atomic E-state index is 11.8. The molecule has 0 fully saturated rings. The summed E-state index contributed by atoms with van der Waals surface area (Å²) in [6.07, 6.45) is 1.19. The molecule has 1 heteroatoms. The summed E-state index contributed by atoms with van der Waals surface area (Å²) in [7, 11) is 0. The molecular formula is C18H20O. The van der Waals surface area contributed by atoms with Crippen LogP contribution in [-0.2, 0) is 4.79 Å². The lowest BCUT2D eigenvalue weighted by molar-refractivity contribution is -0.118. The fraction of sp³-hybridized carbons (Fsp3) is 0.278. The Morgan fingerprint density at radius 1 is 0.947 bits per heavy atom. The summed E-state index contributed by atoms with van der Waals surface area (Å²) < 4.78 is 0. The molecule has 0 saturated heterocycles. The molecule has 1 nitrogen and oxygen atoms in total. The highest BCUT2D eigenvalue weighted by molar-refractivity contribution is 5.79. The Bertz CT molecular complexity index is 525. The summed E-state index contributed by atoms with van der Waals surface area (Å²) >= 11 is 0. The van der Waals surface area contributed by atoms with Gasteiger partial charge in [-0.1, -0.05) is 67.1 Å². The molecule has 0 heterocycles. The molecule has 0 amide bonds. The molecule has 0 unspecified atom stereocenters. The van der Waals surface area contributed by atoms with E-state index < -0.39 is 0 Å². The standard InChI is InChI=1S/C18H20O/c1-3-17(19)13-18(15-7-5-4-6-8-15)16-11-9-14(2)10-12-16/h4-12,18H,3,13H2,1-2H3/t18-/m0/s1. The van der Waals surface area contributed by atoms with E-state index in [-0.39, 0.29) is 5.92 Å². The fourth-order valence-corrected chi connectivity index (χ4v) is 2.28. The van der Waals surface area contributed by atoms with Gasteiger partial charge in [0, 0.05) is 18.8 Å². The number of carbonyl (C=O) groups is 1. The number of rotatable bonds is 5. The lowest BCUT2D eigenvalue weighted by Crippen LogP contribution is -2.08. The van der Waals surface area contributed by atoms with Crippen LogP contribution in [0.5, 0.6) is 0 Å². The summed E-state index contributed by atoms with van der Waals surface area (Å²) in [5.41, 5.74) is 3.68. The number of aryl methyl sites for hydroxylation is 1. The summed E-state index contributed by atoms with van der Waals surface area (Å²) in [6.45, 7) is 4.01. The summed E-state index contributed by atoms with van der Waals surface area (Å²) in [5, 5.41) is 0. The first-order chi connectivity index (χ1) is 9.20. The van der Waals surface area contributed by atoms with Crippen LogP contribution in [0.15, 0.2) is 54.6 Å². The van der Waals surface area contributed by atoms with E-state index in [2.05, 4.69) is 43.3 Å². The van der Waals surface area contributed by atoms with Crippen molar-refractivity contribution in [2.24, 2.45) is 0 Å². The third-order valence-corrected chi connectivity index (χ3v) is 3.51. The molecule has 0 bridgehead atoms. The van der Waals surface area contributed by atoms with Gasteiger partial charge in [-0.2, -0.15) is 0 Å². The molecule has 0 saturated carbocycles. The van der Waals surface area contributed by atoms with Crippen LogP contribution in [0.25, 0.3) is 0 Å². The van der Waals surface area contributed by atoms with Gasteiger partial charge < -0.3 is 0 Å². The van der Waals surface area contributed by atoms with Crippen LogP contribution >= 0.6 is 0 Å². The molecule has 19 heavy (non-hydrogen) atoms. The van der Waals surface area contributed by atoms with E-state index in [4.69, 9.17) is 0 Å². The molecule has 0 N–H and O–H groups in total. The zero-order valence-electron chi connectivity index (χ0n) is 11.6. The predicted octanol–water partition coefficient (Wildman–Crippen LogP) is 4.50. The first-order valence-electron chi connectivity index (χ1n) is 6.84. The molecule has 2 aromatic carbocycles. The Labute approximate surface area is 115 Å². The van der Waals surface area contributed by atoms with Gasteiger partial charge in [-0.25, -0.2) is 0 Å². The average molecular weight is 252 g/mol. The molecule has 0 aliphatic carbocycles. The SMILES string of the molecule is CCC(=O)C[C@@H](c1ccccc1)c1ccc(C)cc1. The van der Waals surface area contributed by atoms with Crippen molar-refractivity contribution in [2.45, 2.75) is 32.6 Å². The molecule has 2 aromatic rings. The lowest BCUT2D eigenvalue weighted by atomic mass is 9.86. The van der Waals surface area contributed by atoms with E-state index in [1.807, 2.05) is 25.1 Å². The van der Waals surface area contributed by atoms with Gasteiger partial charge in [-0.3, -0.25) is 4.79 Å². The Morgan fingerprint density at radius 2 is 1.53 bits per heavy atom. The van der Waals surface area contributed by atoms with Crippen molar-refractivity contribution in [2.75, 3.05) is 0 Å². The second kappa shape index (κ2) is 6.33. The van der Waals surface area contributed by atoms with Crippen molar-refractivity contribution in [1.29, 1.82) is 0 Å². The minimum atomic E-state index is 0.175. The van der Waals surface area contributed by atoms with Crippen molar-refractivity contribution in [3.63, 3.8) is 0 Å². The summed E-state index contributed by atoms with van der Waals surface area (Å²) in [6, 6.07) is 18.8. The minimum absolute atomic E-state index is 0.175. The summed E-state index contributed by atoms with van der Waals surface area (Å²) in [4.78, 5) is 11.8. The first kappa shape index (κ1) is 13.5. The van der Waals surface area contributed by atoms with Crippen molar-refractivity contribution in [3.05, 3.63) is 71.3 Å². The zero-order valence-corrected chi connectivity index (χ0v) is 11.6. The second-order valence-electron chi connectivity index (χ2n) is 4.97. The lowest BCUT2D eigenvalue weighted by Gasteiger charge is -2.17. The highest BCUT2D eigenvalue weighted by atomic mass is 16.1. The molecule has 0 aliphatic rings. The monoisotopic (exact) mass is 252 g/mol. The minimum Gasteiger partial charge on any atom is -0.300 e. The number of carbonyl (C=O) groups excluding carboxylic acids is 1. The molecule has 98 valence electrons. The Kier molecular flexibility index (Phi) is 4.51. The van der Waals surface area contributed by atoms with Gasteiger partial charge in [0.2, 0.25) is 0 Å². The van der Waals surface area contributed by atoms with E-state index in [0.717, 1.165) is 0 Å². The van der Waals surface area contributed by atoms with Crippen LogP contribution in [0.4, 0.5) is 0 Å². The molecule has 0 radical (unpaired) electrons. The molecular weight excluding hydrogens is 232 g/mol. The van der Waals surface area contributed by atoms with Crippen molar-refractivity contribution < 1.29 is 4.79 Å². The average Bonchev–Trinajstić information content (AvgIpc) is 2.46. The second-order valence-corrected chi connectivity index (χ2v) is 4.97. The van der Waals surface area contributed by atoms with E-state index in [0.29, 0.717) is 18.6 Å². The number of Topliss-reactive ketones (excluding diaryl/α,β-unsaturated/α-hetero) is 1. The Balaban J connectivity index is 2.34. The van der Waals surface area contributed by atoms with Gasteiger partial charge in [0.25, 0.3) is 0 Å². The number of hydrogen-bond acceptors (Lipinski definition) is 1. The predicted molar refractivity (Wildman–Crippen MR) is 79.4 cm³/mol. The fourth-order valence-electron chi connectivity index (χ4n) is 2.28. The maximum Gasteiger partial charge on any atom is 0.133 e. The van der Waals surface area contributed by atoms with E-state index in [1.54, 1.807) is 0 Å². The molecule has 1 atom stereocenters. The first-order valence-corrected chi connectivity index (χ1v) is 6.84. The van der Waals surface area contributed by atoms with Gasteiger partial charge in [-0.15, -0.1) is 0 Å². The van der Waals surface area contributed by atoms with Crippen molar-refractivity contribution in [3.8, 4) is 0 Å². The van der Waals surface area contributed by atoms with Gasteiger partial charge in [0.1, 0.15) is 5.78 Å². The number of ketones is 1. The van der Waals surface area contributed by atoms with Crippen molar-refractivity contribution >= 4 is 5.78 Å². The third-order valence-electron chi connectivity index (χ3n) is 3.51. The van der Waals surface area contributed by atoms with Crippen LogP contribution in [0.3, 0.4) is 0 Å². The topological polar surface area (TPSA) is 17.1 Å². The van der Waals surface area contributed by atoms with E-state index in [9.17, 15) is 4.79 Å². The maximum atomic E-state index is 11.8. The normalized spacial score (nSPS) is 12.1. The molecule has 2 rings (SSSR count). The van der Waals surface area contributed by atoms with Gasteiger partial charge in [0.15, 0.2) is 0 Å². The van der Waals surface area contributed by atoms with Crippen molar-refractivity contribution in [1.82, 2.24) is 0 Å². The van der Waals surface area contributed by atoms with Crippen LogP contribution in [0.1, 0.15) is 42.4 Å². The van der Waals surface area contributed by atoms with E-state index in [1.165, 1.54) is 16.7 Å². The molecule has 0 spiro atoms. The van der Waals surface area contributed by atoms with Crippen LogP contribution in [-0.4, -0.2) is 5.78 Å². The Hall–Kier alpha value is -1.89. The quantitative estimate of drug-likeness (QED) is 0.766. The van der Waals surface area contributed by atoms with Crippen LogP contribution < -0.4 is 0 Å². The molecule has 0 aliphatic heterocycles. The zero-order chi connectivity index (χ0) is 13.7. The highest BCUT2D eigenvalue weighted by Crippen LogP contribution is 2.28. The van der Waals surface area contributed by atoms with Crippen LogP contribution in [0.2, 0.25) is 0 Å². The van der Waals surface area contributed by atoms with Crippen LogP contribution in [0, 0.1) is 6.92 Å². The largest absolute Gasteiger partial charge is 0.300 e. The number of hydrogen-bond donors (Lipinski definition) is 0. The van der Waals surface area contributed by atoms with Gasteiger partial charge >= 0.3 is 0 Å². The highest BCUT2D eigenvalue weighted by Gasteiger charge is 2.16. The molecule has 0 aromatic heterocycles. The van der Waals surface area contributed by atoms with Gasteiger partial charge in [0.05, 0.1) is 0 Å². The Morgan fingerprint density at radius 3 is 2.11 bits per heavy atom.